The van der Waals surface area contributed by atoms with Gasteiger partial charge >= 0.3 is 6.09 Å². The van der Waals surface area contributed by atoms with Crippen molar-refractivity contribution in [1.29, 1.82) is 0 Å². The van der Waals surface area contributed by atoms with Crippen molar-refractivity contribution in [2.24, 2.45) is 0 Å². The molecule has 0 bridgehead atoms. The third-order valence-electron chi connectivity index (χ3n) is 3.25. The molecular formula is C18H19NO4S. The highest BCUT2D eigenvalue weighted by atomic mass is 32.2. The summed E-state index contributed by atoms with van der Waals surface area (Å²) >= 11 is 0. The molecular weight excluding hydrogens is 326 g/mol. The van der Waals surface area contributed by atoms with Crippen molar-refractivity contribution in [2.75, 3.05) is 6.61 Å². The average molecular weight is 345 g/mol. The second-order valence-electron chi connectivity index (χ2n) is 5.33. The van der Waals surface area contributed by atoms with Crippen molar-refractivity contribution in [1.82, 2.24) is 4.72 Å². The Labute approximate surface area is 142 Å². The number of sulfonamides is 1. The van der Waals surface area contributed by atoms with E-state index in [1.807, 2.05) is 42.8 Å². The van der Waals surface area contributed by atoms with Crippen LogP contribution in [0.15, 0.2) is 59.5 Å². The number of hydrogen-bond donors (Lipinski definition) is 1. The van der Waals surface area contributed by atoms with Crippen LogP contribution in [0, 0.1) is 13.8 Å². The summed E-state index contributed by atoms with van der Waals surface area (Å²) in [5, 5.41) is 0. The second-order valence-corrected chi connectivity index (χ2v) is 7.01. The molecule has 0 aromatic heterocycles. The van der Waals surface area contributed by atoms with Gasteiger partial charge in [-0.3, -0.25) is 0 Å². The number of aryl methyl sites for hydroxylation is 2. The minimum atomic E-state index is -3.92. The van der Waals surface area contributed by atoms with Crippen LogP contribution in [-0.4, -0.2) is 21.1 Å². The molecule has 2 aromatic carbocycles. The molecule has 0 radical (unpaired) electrons. The van der Waals surface area contributed by atoms with Crippen LogP contribution in [0.2, 0.25) is 0 Å². The molecule has 0 saturated heterocycles. The van der Waals surface area contributed by atoms with Crippen molar-refractivity contribution in [3.63, 3.8) is 0 Å². The van der Waals surface area contributed by atoms with Gasteiger partial charge in [-0.2, -0.15) is 0 Å². The molecule has 0 aliphatic heterocycles. The Balaban J connectivity index is 1.86. The van der Waals surface area contributed by atoms with E-state index in [0.29, 0.717) is 0 Å². The summed E-state index contributed by atoms with van der Waals surface area (Å²) in [5.74, 6) is 0. The maximum atomic E-state index is 12.0. The van der Waals surface area contributed by atoms with E-state index in [1.165, 1.54) is 12.1 Å². The van der Waals surface area contributed by atoms with Crippen LogP contribution in [-0.2, 0) is 14.8 Å². The van der Waals surface area contributed by atoms with E-state index in [4.69, 9.17) is 4.74 Å². The SMILES string of the molecule is Cc1ccc(/C=C/COC(=O)NS(=O)(=O)c2ccc(C)cc2)cc1. The molecule has 0 saturated carbocycles. The summed E-state index contributed by atoms with van der Waals surface area (Å²) in [4.78, 5) is 11.6. The Morgan fingerprint density at radius 3 is 2.12 bits per heavy atom. The minimum absolute atomic E-state index is 0.0141. The Hall–Kier alpha value is -2.60. The monoisotopic (exact) mass is 345 g/mol. The Morgan fingerprint density at radius 1 is 1.00 bits per heavy atom. The van der Waals surface area contributed by atoms with Gasteiger partial charge in [-0.25, -0.2) is 17.9 Å². The maximum Gasteiger partial charge on any atom is 0.421 e. The Kier molecular flexibility index (Phi) is 5.76. The lowest BCUT2D eigenvalue weighted by atomic mass is 10.1. The maximum absolute atomic E-state index is 12.0. The zero-order valence-electron chi connectivity index (χ0n) is 13.5. The first-order valence-electron chi connectivity index (χ1n) is 7.36. The molecule has 5 nitrogen and oxygen atoms in total. The first-order valence-corrected chi connectivity index (χ1v) is 8.84. The van der Waals surface area contributed by atoms with E-state index in [0.717, 1.165) is 16.7 Å². The Bertz CT molecular complexity index is 822. The smallest absolute Gasteiger partial charge is 0.421 e. The average Bonchev–Trinajstić information content (AvgIpc) is 2.53. The first kappa shape index (κ1) is 17.7. The molecule has 0 unspecified atom stereocenters. The lowest BCUT2D eigenvalue weighted by Crippen LogP contribution is -2.31. The largest absolute Gasteiger partial charge is 0.445 e. The molecule has 126 valence electrons. The van der Waals surface area contributed by atoms with E-state index >= 15 is 0 Å². The number of nitrogens with one attached hydrogen (secondary N) is 1. The number of ether oxygens (including phenoxy) is 1. The fourth-order valence-corrected chi connectivity index (χ4v) is 2.79. The number of carbonyl (C=O) groups is 1. The highest BCUT2D eigenvalue weighted by Gasteiger charge is 2.17. The number of benzene rings is 2. The molecule has 1 amide bonds. The minimum Gasteiger partial charge on any atom is -0.445 e. The number of hydrogen-bond acceptors (Lipinski definition) is 4. The molecule has 2 rings (SSSR count). The fraction of sp³-hybridized carbons (Fsp3) is 0.167. The first-order chi connectivity index (χ1) is 11.4. The third kappa shape index (κ3) is 5.24. The molecule has 2 aromatic rings. The van der Waals surface area contributed by atoms with Gasteiger partial charge in [0.15, 0.2) is 0 Å². The molecule has 6 heteroatoms. The van der Waals surface area contributed by atoms with Crippen molar-refractivity contribution in [3.8, 4) is 0 Å². The highest BCUT2D eigenvalue weighted by Crippen LogP contribution is 2.10. The van der Waals surface area contributed by atoms with Gasteiger partial charge in [0.05, 0.1) is 4.90 Å². The van der Waals surface area contributed by atoms with Gasteiger partial charge in [-0.1, -0.05) is 53.6 Å². The van der Waals surface area contributed by atoms with E-state index < -0.39 is 16.1 Å². The molecule has 0 spiro atoms. The van der Waals surface area contributed by atoms with Gasteiger partial charge in [0.25, 0.3) is 10.0 Å². The number of amides is 1. The van der Waals surface area contributed by atoms with Gasteiger partial charge in [0, 0.05) is 0 Å². The van der Waals surface area contributed by atoms with E-state index in [9.17, 15) is 13.2 Å². The van der Waals surface area contributed by atoms with Crippen LogP contribution in [0.3, 0.4) is 0 Å². The number of rotatable bonds is 5. The summed E-state index contributed by atoms with van der Waals surface area (Å²) in [6, 6.07) is 14.0. The van der Waals surface area contributed by atoms with Gasteiger partial charge < -0.3 is 4.74 Å². The summed E-state index contributed by atoms with van der Waals surface area (Å²) < 4.78 is 30.7. The molecule has 24 heavy (non-hydrogen) atoms. The summed E-state index contributed by atoms with van der Waals surface area (Å²) in [6.45, 7) is 3.82. The van der Waals surface area contributed by atoms with Gasteiger partial charge in [-0.15, -0.1) is 0 Å². The zero-order chi connectivity index (χ0) is 17.6. The highest BCUT2D eigenvalue weighted by molar-refractivity contribution is 7.90. The van der Waals surface area contributed by atoms with Crippen molar-refractivity contribution in [2.45, 2.75) is 18.7 Å². The molecule has 0 atom stereocenters. The topological polar surface area (TPSA) is 72.5 Å². The van der Waals surface area contributed by atoms with E-state index in [-0.39, 0.29) is 11.5 Å². The van der Waals surface area contributed by atoms with Crippen molar-refractivity contribution < 1.29 is 17.9 Å². The third-order valence-corrected chi connectivity index (χ3v) is 4.58. The Morgan fingerprint density at radius 2 is 1.54 bits per heavy atom. The normalized spacial score (nSPS) is 11.4. The fourth-order valence-electron chi connectivity index (χ4n) is 1.90. The lowest BCUT2D eigenvalue weighted by molar-refractivity contribution is 0.165. The predicted octanol–water partition coefficient (Wildman–Crippen LogP) is 3.43. The van der Waals surface area contributed by atoms with Crippen LogP contribution in [0.25, 0.3) is 6.08 Å². The van der Waals surface area contributed by atoms with Crippen LogP contribution in [0.4, 0.5) is 4.79 Å². The molecule has 0 fully saturated rings. The quantitative estimate of drug-likeness (QED) is 0.901. The lowest BCUT2D eigenvalue weighted by Gasteiger charge is -2.07. The predicted molar refractivity (Wildman–Crippen MR) is 93.1 cm³/mol. The standard InChI is InChI=1S/C18H19NO4S/c1-14-5-9-16(10-6-14)4-3-13-23-18(20)19-24(21,22)17-11-7-15(2)8-12-17/h3-12H,13H2,1-2H3,(H,19,20)/b4-3+. The van der Waals surface area contributed by atoms with Gasteiger partial charge in [0.2, 0.25) is 0 Å². The summed E-state index contributed by atoms with van der Waals surface area (Å²) in [7, 11) is -3.92. The van der Waals surface area contributed by atoms with Gasteiger partial charge in [0.1, 0.15) is 6.61 Å². The van der Waals surface area contributed by atoms with Crippen molar-refractivity contribution >= 4 is 22.2 Å². The number of carbonyl (C=O) groups excluding carboxylic acids is 1. The van der Waals surface area contributed by atoms with Crippen LogP contribution in [0.5, 0.6) is 0 Å². The van der Waals surface area contributed by atoms with Crippen LogP contribution >= 0.6 is 0 Å². The molecule has 0 heterocycles. The molecule has 0 aliphatic carbocycles. The second kappa shape index (κ2) is 7.79. The summed E-state index contributed by atoms with van der Waals surface area (Å²) in [6.07, 6.45) is 2.42. The van der Waals surface area contributed by atoms with Gasteiger partial charge in [-0.05, 0) is 37.6 Å². The van der Waals surface area contributed by atoms with Crippen molar-refractivity contribution in [3.05, 3.63) is 71.3 Å². The van der Waals surface area contributed by atoms with Crippen LogP contribution < -0.4 is 4.72 Å². The zero-order valence-corrected chi connectivity index (χ0v) is 14.3. The molecule has 1 N–H and O–H groups in total. The summed E-state index contributed by atoms with van der Waals surface area (Å²) in [5.41, 5.74) is 3.05. The van der Waals surface area contributed by atoms with E-state index in [2.05, 4.69) is 0 Å². The molecule has 0 aliphatic rings. The van der Waals surface area contributed by atoms with Crippen LogP contribution in [0.1, 0.15) is 16.7 Å². The van der Waals surface area contributed by atoms with E-state index in [1.54, 1.807) is 24.3 Å².